The molecule has 4 nitrogen and oxygen atoms in total. The van der Waals surface area contributed by atoms with Gasteiger partial charge >= 0.3 is 0 Å². The first-order valence-corrected chi connectivity index (χ1v) is 21.8. The minimum absolute atomic E-state index is 0.173. The van der Waals surface area contributed by atoms with Crippen molar-refractivity contribution in [2.45, 2.75) is 208 Å². The Balaban J connectivity index is 0. The van der Waals surface area contributed by atoms with E-state index >= 15 is 0 Å². The van der Waals surface area contributed by atoms with Crippen LogP contribution in [-0.2, 0) is 14.3 Å². The van der Waals surface area contributed by atoms with E-state index < -0.39 is 22.0 Å². The minimum Gasteiger partial charge on any atom is -0.325 e. The lowest BCUT2D eigenvalue weighted by Crippen LogP contribution is -2.47. The lowest BCUT2D eigenvalue weighted by molar-refractivity contribution is -0.921. The maximum atomic E-state index is 14.0. The van der Waals surface area contributed by atoms with Crippen molar-refractivity contribution in [1.29, 1.82) is 0 Å². The highest BCUT2D eigenvalue weighted by atomic mass is 32.2. The number of hydrogen-bond acceptors (Lipinski definition) is 3. The molecule has 0 saturated carbocycles. The van der Waals surface area contributed by atoms with E-state index in [9.17, 15) is 17.2 Å². The first-order chi connectivity index (χ1) is 22.3. The molecule has 280 valence electrons. The van der Waals surface area contributed by atoms with Crippen LogP contribution in [-0.4, -0.2) is 64.3 Å². The molecule has 0 heterocycles. The summed E-state index contributed by atoms with van der Waals surface area (Å²) in [4.78, 5) is 0. The van der Waals surface area contributed by atoms with E-state index in [0.717, 1.165) is 51.4 Å². The fourth-order valence-electron chi connectivity index (χ4n) is 6.23. The summed E-state index contributed by atoms with van der Waals surface area (Å²) in [5, 5.41) is 0. The molecule has 0 aromatic rings. The molecule has 0 amide bonds. The summed E-state index contributed by atoms with van der Waals surface area (Å²) in [6.45, 7) is 16.4. The molecule has 0 aliphatic carbocycles. The predicted octanol–water partition coefficient (Wildman–Crippen LogP) is 12.7. The summed E-state index contributed by atoms with van der Waals surface area (Å²) in [6, 6.07) is 0. The monoisotopic (exact) mass is 683 g/mol. The van der Waals surface area contributed by atoms with Gasteiger partial charge in [-0.25, -0.2) is 4.39 Å². The lowest BCUT2D eigenvalue weighted by atomic mass is 10.0. The largest absolute Gasteiger partial charge is 0.325 e. The Morgan fingerprint density at radius 3 is 1.15 bits per heavy atom. The molecular weight excluding hydrogens is 600 g/mol. The normalized spacial score (nSPS) is 12.7. The van der Waals surface area contributed by atoms with Gasteiger partial charge in [0.25, 0.3) is 10.1 Å². The first kappa shape index (κ1) is 47.8. The van der Waals surface area contributed by atoms with E-state index in [0.29, 0.717) is 12.8 Å². The van der Waals surface area contributed by atoms with Gasteiger partial charge in [0.15, 0.2) is 0 Å². The van der Waals surface area contributed by atoms with Crippen molar-refractivity contribution in [3.8, 4) is 0 Å². The summed E-state index contributed by atoms with van der Waals surface area (Å²) in [6.07, 6.45) is 28.4. The molecule has 0 spiro atoms. The third kappa shape index (κ3) is 33.6. The van der Waals surface area contributed by atoms with Gasteiger partial charge in [-0.15, -0.1) is 0 Å². The van der Waals surface area contributed by atoms with Gasteiger partial charge in [-0.05, 0) is 47.0 Å². The fraction of sp³-hybridized carbons (Fsp3) is 1.00. The van der Waals surface area contributed by atoms with Crippen molar-refractivity contribution in [1.82, 2.24) is 0 Å². The van der Waals surface area contributed by atoms with Gasteiger partial charge in [0.05, 0.1) is 39.5 Å². The molecule has 0 rings (SSSR count). The van der Waals surface area contributed by atoms with Crippen LogP contribution in [0.4, 0.5) is 8.78 Å². The Morgan fingerprint density at radius 2 is 0.826 bits per heavy atom. The van der Waals surface area contributed by atoms with Crippen LogP contribution in [0.15, 0.2) is 0 Å². The summed E-state index contributed by atoms with van der Waals surface area (Å²) >= 11 is 0. The molecule has 0 saturated heterocycles. The molecule has 0 aliphatic rings. The summed E-state index contributed by atoms with van der Waals surface area (Å²) in [5.74, 6) is -0.525. The zero-order valence-corrected chi connectivity index (χ0v) is 32.6. The quantitative estimate of drug-likeness (QED) is 0.0380. The predicted molar refractivity (Wildman–Crippen MR) is 199 cm³/mol. The molecule has 46 heavy (non-hydrogen) atoms. The van der Waals surface area contributed by atoms with Crippen molar-refractivity contribution >= 4 is 10.1 Å². The van der Waals surface area contributed by atoms with Crippen LogP contribution in [0.5, 0.6) is 0 Å². The zero-order chi connectivity index (χ0) is 34.6. The third-order valence-electron chi connectivity index (χ3n) is 9.98. The highest BCUT2D eigenvalue weighted by molar-refractivity contribution is 7.86. The second-order valence-electron chi connectivity index (χ2n) is 13.7. The smallest absolute Gasteiger partial charge is 0.270 e. The number of alkyl halides is 2. The summed E-state index contributed by atoms with van der Waals surface area (Å²) in [5.41, 5.74) is 0. The SMILES string of the molecule is CCCCCCCCCCCCCCCCCCCCOS(=O)(=O)CC(F)CCCCCCCCCF.CC[N+](CC)(CC)CC. The second kappa shape index (κ2) is 36.0. The van der Waals surface area contributed by atoms with Crippen molar-refractivity contribution in [3.05, 3.63) is 0 Å². The lowest BCUT2D eigenvalue weighted by Gasteiger charge is -2.34. The third-order valence-corrected chi connectivity index (χ3v) is 11.3. The molecule has 1 atom stereocenters. The minimum atomic E-state index is -3.77. The van der Waals surface area contributed by atoms with Gasteiger partial charge in [0.2, 0.25) is 0 Å². The van der Waals surface area contributed by atoms with Crippen molar-refractivity contribution in [3.63, 3.8) is 0 Å². The number of unbranched alkanes of at least 4 members (excludes halogenated alkanes) is 23. The molecule has 0 N–H and O–H groups in total. The van der Waals surface area contributed by atoms with E-state index in [4.69, 9.17) is 4.18 Å². The van der Waals surface area contributed by atoms with Gasteiger partial charge in [0.1, 0.15) is 11.9 Å². The molecule has 0 aromatic heterocycles. The molecule has 0 aliphatic heterocycles. The maximum Gasteiger partial charge on any atom is 0.270 e. The van der Waals surface area contributed by atoms with Crippen molar-refractivity contribution in [2.75, 3.05) is 45.2 Å². The zero-order valence-electron chi connectivity index (χ0n) is 31.7. The van der Waals surface area contributed by atoms with Crippen molar-refractivity contribution in [2.24, 2.45) is 0 Å². The van der Waals surface area contributed by atoms with Crippen LogP contribution in [0.2, 0.25) is 0 Å². The standard InChI is InChI=1S/C31H62F2O3S.C8H20N/c1-2-3-4-5-6-7-8-9-10-11-12-13-14-15-16-20-23-26-29-36-37(34,35)30-31(33)27-24-21-18-17-19-22-25-28-32;1-5-9(6-2,7-3)8-4/h31H,2-30H2,1H3;5-8H2,1-4H3/q;+1. The molecular formula is C39H82F2NO3S+. The topological polar surface area (TPSA) is 43.4 Å². The molecule has 1 unspecified atom stereocenters. The molecule has 0 bridgehead atoms. The summed E-state index contributed by atoms with van der Waals surface area (Å²) < 4.78 is 56.2. The van der Waals surface area contributed by atoms with E-state index in [-0.39, 0.29) is 19.7 Å². The highest BCUT2D eigenvalue weighted by Gasteiger charge is 2.19. The molecule has 0 aromatic carbocycles. The highest BCUT2D eigenvalue weighted by Crippen LogP contribution is 2.16. The van der Waals surface area contributed by atoms with Gasteiger partial charge < -0.3 is 4.48 Å². The summed E-state index contributed by atoms with van der Waals surface area (Å²) in [7, 11) is -3.77. The number of halogens is 2. The maximum absolute atomic E-state index is 14.0. The number of rotatable bonds is 35. The Hall–Kier alpha value is -0.270. The van der Waals surface area contributed by atoms with Gasteiger partial charge in [0, 0.05) is 0 Å². The van der Waals surface area contributed by atoms with Crippen LogP contribution in [0.1, 0.15) is 202 Å². The Bertz CT molecular complexity index is 671. The first-order valence-electron chi connectivity index (χ1n) is 20.2. The molecule has 0 fully saturated rings. The van der Waals surface area contributed by atoms with Gasteiger partial charge in [-0.1, -0.05) is 155 Å². The van der Waals surface area contributed by atoms with Crippen LogP contribution in [0.25, 0.3) is 0 Å². The fourth-order valence-corrected chi connectivity index (χ4v) is 7.31. The van der Waals surface area contributed by atoms with Crippen molar-refractivity contribution < 1.29 is 25.9 Å². The van der Waals surface area contributed by atoms with Gasteiger partial charge in [-0.2, -0.15) is 8.42 Å². The van der Waals surface area contributed by atoms with Crippen LogP contribution in [0, 0.1) is 0 Å². The average Bonchev–Trinajstić information content (AvgIpc) is 3.05. The second-order valence-corrected chi connectivity index (χ2v) is 15.4. The van der Waals surface area contributed by atoms with Crippen LogP contribution < -0.4 is 0 Å². The van der Waals surface area contributed by atoms with Crippen LogP contribution in [0.3, 0.4) is 0 Å². The van der Waals surface area contributed by atoms with Gasteiger partial charge in [-0.3, -0.25) is 8.57 Å². The number of nitrogens with zero attached hydrogens (tertiary/aromatic N) is 1. The van der Waals surface area contributed by atoms with E-state index in [1.165, 1.54) is 127 Å². The van der Waals surface area contributed by atoms with Crippen LogP contribution >= 0.6 is 0 Å². The average molecular weight is 683 g/mol. The van der Waals surface area contributed by atoms with E-state index in [1.54, 1.807) is 0 Å². The number of hydrogen-bond donors (Lipinski definition) is 0. The van der Waals surface area contributed by atoms with E-state index in [2.05, 4.69) is 34.6 Å². The molecule has 7 heteroatoms. The Kier molecular flexibility index (Phi) is 37.5. The molecule has 0 radical (unpaired) electrons. The number of quaternary nitrogens is 1. The Morgan fingerprint density at radius 1 is 0.500 bits per heavy atom. The Labute approximate surface area is 288 Å². The van der Waals surface area contributed by atoms with E-state index in [1.807, 2.05) is 0 Å².